The highest BCUT2D eigenvalue weighted by atomic mass is 32.2. The molecule has 2 heterocycles. The third-order valence-corrected chi connectivity index (χ3v) is 8.92. The number of aryl methyl sites for hydroxylation is 1. The molecule has 1 saturated heterocycles. The highest BCUT2D eigenvalue weighted by Crippen LogP contribution is 2.32. The minimum atomic E-state index is -0.921. The molecule has 1 aliphatic heterocycles. The van der Waals surface area contributed by atoms with Crippen LogP contribution in [0.25, 0.3) is 10.9 Å². The summed E-state index contributed by atoms with van der Waals surface area (Å²) in [5.41, 5.74) is 9.08. The number of aromatic nitrogens is 1. The van der Waals surface area contributed by atoms with E-state index in [0.717, 1.165) is 58.1 Å². The first-order chi connectivity index (χ1) is 24.8. The second-order valence-electron chi connectivity index (χ2n) is 12.3. The number of piperidine rings is 1. The first-order valence-corrected chi connectivity index (χ1v) is 18.8. The van der Waals surface area contributed by atoms with Crippen LogP contribution in [0.3, 0.4) is 0 Å². The Balaban J connectivity index is 0.00000226. The first kappa shape index (κ1) is 42.5. The molecule has 0 saturated carbocycles. The van der Waals surface area contributed by atoms with E-state index in [1.54, 1.807) is 19.1 Å². The molecule has 3 aromatic rings. The molecule has 51 heavy (non-hydrogen) atoms. The van der Waals surface area contributed by atoms with E-state index in [9.17, 15) is 4.39 Å². The summed E-state index contributed by atoms with van der Waals surface area (Å²) in [6, 6.07) is 14.0. The van der Waals surface area contributed by atoms with E-state index in [4.69, 9.17) is 32.5 Å². The fraction of sp³-hybridized carbons (Fsp3) is 0.579. The van der Waals surface area contributed by atoms with Gasteiger partial charge in [0.15, 0.2) is 0 Å². The van der Waals surface area contributed by atoms with Crippen LogP contribution in [0.2, 0.25) is 6.32 Å². The number of alkyl halides is 1. The van der Waals surface area contributed by atoms with Crippen molar-refractivity contribution in [3.63, 3.8) is 0 Å². The minimum Gasteiger partial charge on any atom is -0.495 e. The molecule has 1 aromatic heterocycles. The number of rotatable bonds is 20. The van der Waals surface area contributed by atoms with Gasteiger partial charge in [-0.3, -0.25) is 0 Å². The summed E-state index contributed by atoms with van der Waals surface area (Å²) in [6.07, 6.45) is 1.57. The molecule has 0 spiro atoms. The zero-order valence-electron chi connectivity index (χ0n) is 31.2. The Labute approximate surface area is 310 Å². The molecule has 2 unspecified atom stereocenters. The lowest BCUT2D eigenvalue weighted by atomic mass is 10.0. The standard InChI is InChI=1S/C35H50BFN6O4S.C3H8/c1-41-15-11-32(30(37)26-41)40-31-7-4-8-34-29(31)24-27(43(34)16-12-36)6-5-14-39-33-10-9-28(25-35(33)44-3)48-42(2)17-19-46-21-23-47-22-20-45-18-13-38;1-3-2/h4,7-10,24-25,30,32,39-40H,11-23,26,38H2,1-3H3;3H2,1-2H3. The largest absolute Gasteiger partial charge is 0.495 e. The van der Waals surface area contributed by atoms with Crippen molar-refractivity contribution in [1.29, 1.82) is 0 Å². The molecule has 13 heteroatoms. The Morgan fingerprint density at radius 1 is 1.04 bits per heavy atom. The van der Waals surface area contributed by atoms with Gasteiger partial charge in [0.1, 0.15) is 11.9 Å². The lowest BCUT2D eigenvalue weighted by Crippen LogP contribution is -2.46. The number of halogens is 1. The van der Waals surface area contributed by atoms with Crippen molar-refractivity contribution in [2.24, 2.45) is 5.73 Å². The average molecular weight is 725 g/mol. The van der Waals surface area contributed by atoms with Crippen LogP contribution in [0.5, 0.6) is 5.75 Å². The molecule has 2 aromatic carbocycles. The molecule has 2 radical (unpaired) electrons. The van der Waals surface area contributed by atoms with Gasteiger partial charge in [-0.2, -0.15) is 0 Å². The fourth-order valence-corrected chi connectivity index (χ4v) is 6.31. The van der Waals surface area contributed by atoms with Crippen molar-refractivity contribution in [2.75, 3.05) is 104 Å². The van der Waals surface area contributed by atoms with E-state index in [2.05, 4.69) is 63.4 Å². The molecule has 280 valence electrons. The highest BCUT2D eigenvalue weighted by Gasteiger charge is 2.28. The summed E-state index contributed by atoms with van der Waals surface area (Å²) in [7, 11) is 11.6. The number of hydrogen-bond acceptors (Lipinski definition) is 10. The summed E-state index contributed by atoms with van der Waals surface area (Å²) in [5.74, 6) is 7.33. The molecule has 4 N–H and O–H groups in total. The van der Waals surface area contributed by atoms with Gasteiger partial charge in [-0.15, -0.1) is 0 Å². The summed E-state index contributed by atoms with van der Waals surface area (Å²) < 4.78 is 41.2. The second-order valence-corrected chi connectivity index (χ2v) is 13.6. The van der Waals surface area contributed by atoms with Gasteiger partial charge in [-0.25, -0.2) is 8.70 Å². The number of fused-ring (bicyclic) bond motifs is 1. The van der Waals surface area contributed by atoms with Gasteiger partial charge in [0.2, 0.25) is 0 Å². The number of ether oxygens (including phenoxy) is 4. The van der Waals surface area contributed by atoms with E-state index in [1.807, 2.05) is 43.3 Å². The van der Waals surface area contributed by atoms with Gasteiger partial charge in [-0.05, 0) is 74.8 Å². The topological polar surface area (TPSA) is 98.4 Å². The van der Waals surface area contributed by atoms with Crippen LogP contribution in [0, 0.1) is 11.8 Å². The molecular weight excluding hydrogens is 666 g/mol. The number of nitrogens with zero attached hydrogens (tertiary/aromatic N) is 3. The van der Waals surface area contributed by atoms with E-state index in [1.165, 1.54) is 6.42 Å². The van der Waals surface area contributed by atoms with Crippen LogP contribution in [0.15, 0.2) is 47.4 Å². The quantitative estimate of drug-likeness (QED) is 0.0599. The van der Waals surface area contributed by atoms with Crippen LogP contribution >= 0.6 is 11.9 Å². The third kappa shape index (κ3) is 14.5. The lowest BCUT2D eigenvalue weighted by Gasteiger charge is -2.33. The zero-order chi connectivity index (χ0) is 36.8. The van der Waals surface area contributed by atoms with Crippen LogP contribution in [0.1, 0.15) is 32.4 Å². The summed E-state index contributed by atoms with van der Waals surface area (Å²) in [6.45, 7) is 11.2. The van der Waals surface area contributed by atoms with E-state index < -0.39 is 6.17 Å². The van der Waals surface area contributed by atoms with Crippen LogP contribution in [0.4, 0.5) is 15.8 Å². The van der Waals surface area contributed by atoms with Gasteiger partial charge >= 0.3 is 0 Å². The van der Waals surface area contributed by atoms with E-state index in [0.29, 0.717) is 72.1 Å². The van der Waals surface area contributed by atoms with Crippen LogP contribution < -0.4 is 21.1 Å². The molecule has 10 nitrogen and oxygen atoms in total. The highest BCUT2D eigenvalue weighted by molar-refractivity contribution is 7.97. The number of likely N-dealkylation sites (N-methyl/N-ethyl adjacent to an activating group) is 1. The van der Waals surface area contributed by atoms with Gasteiger partial charge in [0, 0.05) is 48.7 Å². The smallest absolute Gasteiger partial charge is 0.143 e. The number of nitrogens with two attached hydrogens (primary N) is 1. The van der Waals surface area contributed by atoms with Crippen molar-refractivity contribution in [3.8, 4) is 17.6 Å². The Hall–Kier alpha value is -2.96. The van der Waals surface area contributed by atoms with Crippen LogP contribution in [-0.2, 0) is 20.8 Å². The number of methoxy groups -OCH3 is 1. The zero-order valence-corrected chi connectivity index (χ0v) is 32.0. The Bertz CT molecular complexity index is 1490. The Kier molecular flexibility index (Phi) is 20.2. The van der Waals surface area contributed by atoms with Crippen molar-refractivity contribution in [2.45, 2.75) is 56.7 Å². The summed E-state index contributed by atoms with van der Waals surface area (Å²) in [4.78, 5) is 3.09. The van der Waals surface area contributed by atoms with Gasteiger partial charge < -0.3 is 44.8 Å². The predicted octanol–water partition coefficient (Wildman–Crippen LogP) is 5.52. The fourth-order valence-electron chi connectivity index (χ4n) is 5.50. The van der Waals surface area contributed by atoms with Gasteiger partial charge in [-0.1, -0.05) is 38.6 Å². The molecule has 2 atom stereocenters. The summed E-state index contributed by atoms with van der Waals surface area (Å²) >= 11 is 1.63. The maximum Gasteiger partial charge on any atom is 0.143 e. The Morgan fingerprint density at radius 3 is 2.45 bits per heavy atom. The number of hydrogen-bond donors (Lipinski definition) is 3. The summed E-state index contributed by atoms with van der Waals surface area (Å²) in [5, 5.41) is 7.89. The number of likely N-dealkylation sites (tertiary alicyclic amines) is 1. The van der Waals surface area contributed by atoms with Crippen molar-refractivity contribution in [1.82, 2.24) is 13.8 Å². The lowest BCUT2D eigenvalue weighted by molar-refractivity contribution is 0.0152. The maximum absolute atomic E-state index is 14.8. The SMILES string of the molecule is CCC.[B]CCn1c(C#CCNc2ccc(SN(C)CCOCCOCCOCCN)cc2OC)cc2c(NC3CCN(C)CC3F)cccc21. The monoisotopic (exact) mass is 724 g/mol. The molecule has 0 aliphatic carbocycles. The van der Waals surface area contributed by atoms with Crippen molar-refractivity contribution in [3.05, 3.63) is 48.2 Å². The van der Waals surface area contributed by atoms with E-state index in [-0.39, 0.29) is 6.04 Å². The normalized spacial score (nSPS) is 16.0. The Morgan fingerprint density at radius 2 is 1.76 bits per heavy atom. The number of benzene rings is 2. The molecule has 0 bridgehead atoms. The molecule has 4 rings (SSSR count). The minimum absolute atomic E-state index is 0.216. The van der Waals surface area contributed by atoms with Gasteiger partial charge in [0.25, 0.3) is 0 Å². The second kappa shape index (κ2) is 24.3. The molecule has 1 fully saturated rings. The predicted molar refractivity (Wildman–Crippen MR) is 211 cm³/mol. The molecule has 0 amide bonds. The number of nitrogens with one attached hydrogen (secondary N) is 2. The molecule has 1 aliphatic rings. The average Bonchev–Trinajstić information content (AvgIpc) is 3.47. The molecular formula is C38H58BFN6O4S. The first-order valence-electron chi connectivity index (χ1n) is 18.0. The number of anilines is 2. The van der Waals surface area contributed by atoms with E-state index >= 15 is 0 Å². The van der Waals surface area contributed by atoms with Gasteiger partial charge in [0.05, 0.1) is 84.1 Å². The maximum atomic E-state index is 14.8. The van der Waals surface area contributed by atoms with Crippen LogP contribution in [-0.4, -0.2) is 127 Å². The van der Waals surface area contributed by atoms with Crippen molar-refractivity contribution < 1.29 is 23.3 Å². The third-order valence-electron chi connectivity index (χ3n) is 7.96. The van der Waals surface area contributed by atoms with Crippen molar-refractivity contribution >= 4 is 42.1 Å².